The Bertz CT molecular complexity index is 1070. The Morgan fingerprint density at radius 3 is 2.49 bits per heavy atom. The molecule has 0 saturated carbocycles. The maximum atomic E-state index is 14.4. The molecule has 1 aliphatic rings. The van der Waals surface area contributed by atoms with Crippen LogP contribution in [0, 0.1) is 17.6 Å². The molecule has 2 N–H and O–H groups in total. The van der Waals surface area contributed by atoms with Gasteiger partial charge in [0.2, 0.25) is 5.82 Å². The molecule has 13 heteroatoms. The first-order chi connectivity index (χ1) is 16.3. The zero-order chi connectivity index (χ0) is 26.1. The molecule has 1 fully saturated rings. The number of pyridine rings is 1. The number of nitrogens with one attached hydrogen (secondary N) is 1. The van der Waals surface area contributed by atoms with Crippen LogP contribution >= 0.6 is 0 Å². The summed E-state index contributed by atoms with van der Waals surface area (Å²) in [5.41, 5.74) is -2.96. The quantitative estimate of drug-likeness (QED) is 0.534. The standard InChI is InChI=1S/C22H21F7N2O4/c1-10-15(13-5-6-14(23)16(24)17(13)34-20(25)26)18(35-21(10,2)22(27,28)29)19(33)31-12-4-3-11(7-8-32)30-9-12/h3-6,9-10,15,18,20,32H,7-8H2,1-2H3,(H,31,33)/t10-,15-,18+,21+/m0/s1. The van der Waals surface area contributed by atoms with Gasteiger partial charge in [-0.3, -0.25) is 9.78 Å². The van der Waals surface area contributed by atoms with E-state index >= 15 is 0 Å². The van der Waals surface area contributed by atoms with Crippen molar-refractivity contribution in [3.63, 3.8) is 0 Å². The first kappa shape index (κ1) is 26.7. The van der Waals surface area contributed by atoms with E-state index in [1.807, 2.05) is 0 Å². The summed E-state index contributed by atoms with van der Waals surface area (Å²) in [5.74, 6) is -9.05. The molecule has 2 aromatic rings. The Morgan fingerprint density at radius 2 is 1.94 bits per heavy atom. The average Bonchev–Trinajstić information content (AvgIpc) is 3.05. The number of aliphatic hydroxyl groups excluding tert-OH is 1. The van der Waals surface area contributed by atoms with Crippen molar-refractivity contribution in [2.45, 2.75) is 50.7 Å². The molecule has 1 aromatic carbocycles. The number of aromatic nitrogens is 1. The Morgan fingerprint density at radius 1 is 1.26 bits per heavy atom. The van der Waals surface area contributed by atoms with Crippen LogP contribution < -0.4 is 10.1 Å². The lowest BCUT2D eigenvalue weighted by atomic mass is 9.77. The molecule has 0 bridgehead atoms. The van der Waals surface area contributed by atoms with Crippen molar-refractivity contribution in [3.8, 4) is 5.75 Å². The van der Waals surface area contributed by atoms with Crippen molar-refractivity contribution in [2.24, 2.45) is 5.92 Å². The van der Waals surface area contributed by atoms with E-state index in [1.165, 1.54) is 18.3 Å². The molecule has 6 nitrogen and oxygen atoms in total. The first-order valence-electron chi connectivity index (χ1n) is 10.3. The van der Waals surface area contributed by atoms with Gasteiger partial charge in [-0.15, -0.1) is 0 Å². The Balaban J connectivity index is 2.05. The number of rotatable bonds is 7. The molecule has 1 amide bonds. The van der Waals surface area contributed by atoms with Gasteiger partial charge >= 0.3 is 12.8 Å². The third-order valence-corrected chi connectivity index (χ3v) is 6.03. The van der Waals surface area contributed by atoms with Gasteiger partial charge in [0, 0.05) is 36.1 Å². The highest BCUT2D eigenvalue weighted by Crippen LogP contribution is 2.55. The lowest BCUT2D eigenvalue weighted by Crippen LogP contribution is -2.47. The Kier molecular flexibility index (Phi) is 7.60. The van der Waals surface area contributed by atoms with Gasteiger partial charge in [-0.1, -0.05) is 13.0 Å². The summed E-state index contributed by atoms with van der Waals surface area (Å²) in [6, 6.07) is 4.17. The number of aliphatic hydroxyl groups is 1. The highest BCUT2D eigenvalue weighted by Gasteiger charge is 2.66. The number of nitrogens with zero attached hydrogens (tertiary/aromatic N) is 1. The topological polar surface area (TPSA) is 80.7 Å². The number of benzene rings is 1. The molecule has 1 aromatic heterocycles. The second kappa shape index (κ2) is 9.97. The Labute approximate surface area is 195 Å². The fraction of sp³-hybridized carbons (Fsp3) is 0.455. The first-order valence-corrected chi connectivity index (χ1v) is 10.3. The van der Waals surface area contributed by atoms with Gasteiger partial charge in [-0.2, -0.15) is 26.3 Å². The van der Waals surface area contributed by atoms with Gasteiger partial charge in [0.1, 0.15) is 6.10 Å². The van der Waals surface area contributed by atoms with Crippen LogP contribution in [0.4, 0.5) is 36.4 Å². The van der Waals surface area contributed by atoms with Crippen LogP contribution in [0.5, 0.6) is 5.75 Å². The molecule has 0 radical (unpaired) electrons. The number of alkyl halides is 5. The minimum absolute atomic E-state index is 0.0710. The van der Waals surface area contributed by atoms with E-state index in [2.05, 4.69) is 15.0 Å². The van der Waals surface area contributed by atoms with Crippen LogP contribution in [0.2, 0.25) is 0 Å². The zero-order valence-corrected chi connectivity index (χ0v) is 18.4. The molecule has 0 unspecified atom stereocenters. The maximum Gasteiger partial charge on any atom is 0.417 e. The molecule has 2 heterocycles. The summed E-state index contributed by atoms with van der Waals surface area (Å²) < 4.78 is 105. The van der Waals surface area contributed by atoms with Crippen LogP contribution in [-0.2, 0) is 16.0 Å². The predicted octanol–water partition coefficient (Wildman–Crippen LogP) is 4.57. The second-order valence-corrected chi connectivity index (χ2v) is 8.12. The van der Waals surface area contributed by atoms with Crippen molar-refractivity contribution < 1.29 is 50.1 Å². The van der Waals surface area contributed by atoms with Gasteiger partial charge in [0.05, 0.1) is 11.9 Å². The van der Waals surface area contributed by atoms with Crippen LogP contribution in [0.25, 0.3) is 0 Å². The number of hydrogen-bond acceptors (Lipinski definition) is 5. The summed E-state index contributed by atoms with van der Waals surface area (Å²) in [6.07, 6.45) is -5.52. The van der Waals surface area contributed by atoms with E-state index in [4.69, 9.17) is 9.84 Å². The normalized spacial score (nSPS) is 24.6. The molecule has 192 valence electrons. The van der Waals surface area contributed by atoms with E-state index in [1.54, 1.807) is 0 Å². The number of anilines is 1. The average molecular weight is 510 g/mol. The summed E-state index contributed by atoms with van der Waals surface area (Å²) in [7, 11) is 0. The SMILES string of the molecule is C[C@H]1[C@@H](c2ccc(F)c(F)c2OC(F)F)[C@H](C(=O)Nc2ccc(CCO)nc2)O[C@@]1(C)C(F)(F)F. The fourth-order valence-corrected chi connectivity index (χ4v) is 4.02. The lowest BCUT2D eigenvalue weighted by Gasteiger charge is -2.32. The van der Waals surface area contributed by atoms with Crippen LogP contribution in [0.15, 0.2) is 30.5 Å². The largest absolute Gasteiger partial charge is 0.431 e. The molecule has 3 rings (SSSR count). The molecule has 1 saturated heterocycles. The highest BCUT2D eigenvalue weighted by molar-refractivity contribution is 5.95. The van der Waals surface area contributed by atoms with E-state index in [0.717, 1.165) is 13.0 Å². The van der Waals surface area contributed by atoms with E-state index in [-0.39, 0.29) is 18.7 Å². The second-order valence-electron chi connectivity index (χ2n) is 8.12. The van der Waals surface area contributed by atoms with Crippen molar-refractivity contribution in [1.82, 2.24) is 4.98 Å². The zero-order valence-electron chi connectivity index (χ0n) is 18.4. The third kappa shape index (κ3) is 5.20. The number of carbonyl (C=O) groups excluding carboxylic acids is 1. The number of carbonyl (C=O) groups is 1. The number of halogens is 7. The van der Waals surface area contributed by atoms with Crippen LogP contribution in [0.1, 0.15) is 31.0 Å². The predicted molar refractivity (Wildman–Crippen MR) is 108 cm³/mol. The summed E-state index contributed by atoms with van der Waals surface area (Å²) in [6.45, 7) is -2.06. The van der Waals surface area contributed by atoms with Gasteiger partial charge in [0.25, 0.3) is 5.91 Å². The monoisotopic (exact) mass is 510 g/mol. The number of amides is 1. The van der Waals surface area contributed by atoms with Crippen molar-refractivity contribution in [2.75, 3.05) is 11.9 Å². The summed E-state index contributed by atoms with van der Waals surface area (Å²) >= 11 is 0. The van der Waals surface area contributed by atoms with Crippen molar-refractivity contribution in [1.29, 1.82) is 0 Å². The molecule has 35 heavy (non-hydrogen) atoms. The minimum atomic E-state index is -5.00. The van der Waals surface area contributed by atoms with Crippen LogP contribution in [0.3, 0.4) is 0 Å². The van der Waals surface area contributed by atoms with E-state index in [0.29, 0.717) is 18.7 Å². The molecular formula is C22H21F7N2O4. The van der Waals surface area contributed by atoms with E-state index in [9.17, 15) is 35.5 Å². The smallest absolute Gasteiger partial charge is 0.417 e. The van der Waals surface area contributed by atoms with Gasteiger partial charge in [-0.05, 0) is 25.1 Å². The van der Waals surface area contributed by atoms with Gasteiger partial charge in [-0.25, -0.2) is 4.39 Å². The van der Waals surface area contributed by atoms with Gasteiger partial charge in [0.15, 0.2) is 17.2 Å². The molecule has 0 spiro atoms. The Hall–Kier alpha value is -2.93. The molecule has 0 aliphatic carbocycles. The highest BCUT2D eigenvalue weighted by atomic mass is 19.4. The number of ether oxygens (including phenoxy) is 2. The van der Waals surface area contributed by atoms with Crippen molar-refractivity contribution in [3.05, 3.63) is 53.4 Å². The fourth-order valence-electron chi connectivity index (χ4n) is 4.02. The number of hydrogen-bond donors (Lipinski definition) is 2. The summed E-state index contributed by atoms with van der Waals surface area (Å²) in [4.78, 5) is 17.0. The van der Waals surface area contributed by atoms with Gasteiger partial charge < -0.3 is 19.9 Å². The maximum absolute atomic E-state index is 14.4. The summed E-state index contributed by atoms with van der Waals surface area (Å²) in [5, 5.41) is 11.3. The lowest BCUT2D eigenvalue weighted by molar-refractivity contribution is -0.272. The van der Waals surface area contributed by atoms with Crippen molar-refractivity contribution >= 4 is 11.6 Å². The van der Waals surface area contributed by atoms with Crippen LogP contribution in [-0.4, -0.2) is 47.1 Å². The molecule has 1 aliphatic heterocycles. The third-order valence-electron chi connectivity index (χ3n) is 6.03. The van der Waals surface area contributed by atoms with E-state index < -0.39 is 65.2 Å². The molecule has 4 atom stereocenters. The minimum Gasteiger partial charge on any atom is -0.431 e. The molecular weight excluding hydrogens is 489 g/mol.